The van der Waals surface area contributed by atoms with Gasteiger partial charge in [0.2, 0.25) is 5.91 Å². The van der Waals surface area contributed by atoms with Crippen molar-refractivity contribution < 1.29 is 14.7 Å². The third kappa shape index (κ3) is 5.40. The highest BCUT2D eigenvalue weighted by Gasteiger charge is 2.18. The number of hydrogen-bond acceptors (Lipinski definition) is 3. The maximum Gasteiger partial charge on any atom is 0.251 e. The fourth-order valence-corrected chi connectivity index (χ4v) is 1.50. The van der Waals surface area contributed by atoms with E-state index in [0.717, 1.165) is 5.56 Å². The highest BCUT2D eigenvalue weighted by molar-refractivity contribution is 5.94. The van der Waals surface area contributed by atoms with Crippen LogP contribution < -0.4 is 10.6 Å². The van der Waals surface area contributed by atoms with Gasteiger partial charge in [-0.3, -0.25) is 9.59 Å². The first-order chi connectivity index (χ1) is 9.34. The van der Waals surface area contributed by atoms with Crippen LogP contribution >= 0.6 is 0 Å². The summed E-state index contributed by atoms with van der Waals surface area (Å²) in [5.74, 6) is -0.307. The van der Waals surface area contributed by atoms with Crippen LogP contribution in [0.1, 0.15) is 43.1 Å². The number of carbonyl (C=O) groups excluding carboxylic acids is 2. The molecular weight excluding hydrogens is 256 g/mol. The van der Waals surface area contributed by atoms with Crippen LogP contribution in [0.2, 0.25) is 0 Å². The highest BCUT2D eigenvalue weighted by Crippen LogP contribution is 2.08. The SMILES string of the molecule is CCC(C)(O)CNC(=O)c1ccc(CNC(C)=O)cc1. The van der Waals surface area contributed by atoms with Gasteiger partial charge in [0.15, 0.2) is 0 Å². The van der Waals surface area contributed by atoms with Crippen molar-refractivity contribution in [3.05, 3.63) is 35.4 Å². The molecule has 3 N–H and O–H groups in total. The molecule has 1 aromatic carbocycles. The molecule has 2 amide bonds. The van der Waals surface area contributed by atoms with Gasteiger partial charge >= 0.3 is 0 Å². The number of aliphatic hydroxyl groups is 1. The van der Waals surface area contributed by atoms with Gasteiger partial charge in [0.05, 0.1) is 5.60 Å². The Kier molecular flexibility index (Phi) is 5.70. The molecule has 1 rings (SSSR count). The quantitative estimate of drug-likeness (QED) is 0.732. The molecular formula is C15H22N2O3. The summed E-state index contributed by atoms with van der Waals surface area (Å²) in [6.07, 6.45) is 0.572. The monoisotopic (exact) mass is 278 g/mol. The van der Waals surface area contributed by atoms with Gasteiger partial charge in [-0.1, -0.05) is 19.1 Å². The predicted octanol–water partition coefficient (Wildman–Crippen LogP) is 1.21. The van der Waals surface area contributed by atoms with Gasteiger partial charge in [-0.25, -0.2) is 0 Å². The van der Waals surface area contributed by atoms with E-state index in [0.29, 0.717) is 18.5 Å². The van der Waals surface area contributed by atoms with Gasteiger partial charge in [0.1, 0.15) is 0 Å². The van der Waals surface area contributed by atoms with Crippen molar-refractivity contribution >= 4 is 11.8 Å². The van der Waals surface area contributed by atoms with Crippen LogP contribution in [0.25, 0.3) is 0 Å². The molecule has 5 heteroatoms. The molecule has 110 valence electrons. The summed E-state index contributed by atoms with van der Waals surface area (Å²) in [7, 11) is 0. The first-order valence-corrected chi connectivity index (χ1v) is 6.68. The molecule has 0 saturated carbocycles. The summed E-state index contributed by atoms with van der Waals surface area (Å²) in [5, 5.41) is 15.2. The number of amides is 2. The Bertz CT molecular complexity index is 467. The van der Waals surface area contributed by atoms with E-state index in [2.05, 4.69) is 10.6 Å². The van der Waals surface area contributed by atoms with Crippen LogP contribution in [0, 0.1) is 0 Å². The summed E-state index contributed by atoms with van der Waals surface area (Å²) in [6.45, 7) is 5.67. The van der Waals surface area contributed by atoms with Crippen LogP contribution in [-0.2, 0) is 11.3 Å². The zero-order valence-corrected chi connectivity index (χ0v) is 12.2. The van der Waals surface area contributed by atoms with Crippen molar-refractivity contribution in [2.75, 3.05) is 6.54 Å². The van der Waals surface area contributed by atoms with Gasteiger partial charge in [0.25, 0.3) is 5.91 Å². The average Bonchev–Trinajstić information content (AvgIpc) is 2.43. The molecule has 0 bridgehead atoms. The van der Waals surface area contributed by atoms with Gasteiger partial charge in [0, 0.05) is 25.6 Å². The molecule has 0 aliphatic heterocycles. The molecule has 0 heterocycles. The minimum Gasteiger partial charge on any atom is -0.388 e. The number of carbonyl (C=O) groups is 2. The number of rotatable bonds is 6. The minimum atomic E-state index is -0.888. The second-order valence-electron chi connectivity index (χ2n) is 5.14. The summed E-state index contributed by atoms with van der Waals surface area (Å²) in [5.41, 5.74) is 0.571. The fraction of sp³-hybridized carbons (Fsp3) is 0.467. The third-order valence-corrected chi connectivity index (χ3v) is 3.15. The van der Waals surface area contributed by atoms with Crippen LogP contribution in [-0.4, -0.2) is 29.1 Å². The number of benzene rings is 1. The van der Waals surface area contributed by atoms with Gasteiger partial charge < -0.3 is 15.7 Å². The smallest absolute Gasteiger partial charge is 0.251 e. The maximum atomic E-state index is 11.9. The summed E-state index contributed by atoms with van der Waals surface area (Å²) in [4.78, 5) is 22.7. The van der Waals surface area contributed by atoms with E-state index in [-0.39, 0.29) is 18.4 Å². The molecule has 0 aliphatic carbocycles. The molecule has 0 aromatic heterocycles. The van der Waals surface area contributed by atoms with Crippen LogP contribution in [0.3, 0.4) is 0 Å². The topological polar surface area (TPSA) is 78.4 Å². The van der Waals surface area contributed by atoms with Crippen molar-refractivity contribution in [1.82, 2.24) is 10.6 Å². The highest BCUT2D eigenvalue weighted by atomic mass is 16.3. The molecule has 0 fully saturated rings. The van der Waals surface area contributed by atoms with E-state index in [1.807, 2.05) is 6.92 Å². The van der Waals surface area contributed by atoms with Crippen molar-refractivity contribution in [2.45, 2.75) is 39.3 Å². The Balaban J connectivity index is 2.55. The molecule has 1 aromatic rings. The lowest BCUT2D eigenvalue weighted by atomic mass is 10.0. The van der Waals surface area contributed by atoms with E-state index in [1.54, 1.807) is 31.2 Å². The molecule has 0 saturated heterocycles. The first kappa shape index (κ1) is 16.2. The fourth-order valence-electron chi connectivity index (χ4n) is 1.50. The molecule has 0 aliphatic rings. The standard InChI is InChI=1S/C15H22N2O3/c1-4-15(3,20)10-17-14(19)13-7-5-12(6-8-13)9-16-11(2)18/h5-8,20H,4,9-10H2,1-3H3,(H,16,18)(H,17,19). The van der Waals surface area contributed by atoms with Gasteiger partial charge in [-0.15, -0.1) is 0 Å². The van der Waals surface area contributed by atoms with Crippen molar-refractivity contribution in [3.63, 3.8) is 0 Å². The first-order valence-electron chi connectivity index (χ1n) is 6.68. The third-order valence-electron chi connectivity index (χ3n) is 3.15. The lowest BCUT2D eigenvalue weighted by Crippen LogP contribution is -2.40. The maximum absolute atomic E-state index is 11.9. The van der Waals surface area contributed by atoms with Crippen molar-refractivity contribution in [1.29, 1.82) is 0 Å². The predicted molar refractivity (Wildman–Crippen MR) is 77.2 cm³/mol. The molecule has 0 radical (unpaired) electrons. The lowest BCUT2D eigenvalue weighted by Gasteiger charge is -2.21. The van der Waals surface area contributed by atoms with E-state index in [9.17, 15) is 14.7 Å². The molecule has 1 unspecified atom stereocenters. The van der Waals surface area contributed by atoms with Gasteiger partial charge in [-0.2, -0.15) is 0 Å². The molecule has 1 atom stereocenters. The Morgan fingerprint density at radius 2 is 1.80 bits per heavy atom. The second-order valence-corrected chi connectivity index (χ2v) is 5.14. The number of hydrogen-bond donors (Lipinski definition) is 3. The summed E-state index contributed by atoms with van der Waals surface area (Å²) < 4.78 is 0. The van der Waals surface area contributed by atoms with E-state index < -0.39 is 5.60 Å². The Labute approximate surface area is 119 Å². The van der Waals surface area contributed by atoms with Crippen LogP contribution in [0.4, 0.5) is 0 Å². The second kappa shape index (κ2) is 7.05. The summed E-state index contributed by atoms with van der Waals surface area (Å²) in [6, 6.07) is 6.99. The van der Waals surface area contributed by atoms with Crippen LogP contribution in [0.5, 0.6) is 0 Å². The molecule has 0 spiro atoms. The summed E-state index contributed by atoms with van der Waals surface area (Å²) >= 11 is 0. The minimum absolute atomic E-state index is 0.0892. The van der Waals surface area contributed by atoms with Crippen LogP contribution in [0.15, 0.2) is 24.3 Å². The number of nitrogens with one attached hydrogen (secondary N) is 2. The zero-order chi connectivity index (χ0) is 15.2. The normalized spacial score (nSPS) is 13.4. The Hall–Kier alpha value is -1.88. The van der Waals surface area contributed by atoms with E-state index in [4.69, 9.17) is 0 Å². The molecule has 20 heavy (non-hydrogen) atoms. The Morgan fingerprint density at radius 3 is 2.30 bits per heavy atom. The zero-order valence-electron chi connectivity index (χ0n) is 12.2. The van der Waals surface area contributed by atoms with Crippen molar-refractivity contribution in [3.8, 4) is 0 Å². The van der Waals surface area contributed by atoms with Gasteiger partial charge in [-0.05, 0) is 31.0 Å². The van der Waals surface area contributed by atoms with E-state index in [1.165, 1.54) is 6.92 Å². The van der Waals surface area contributed by atoms with Crippen molar-refractivity contribution in [2.24, 2.45) is 0 Å². The lowest BCUT2D eigenvalue weighted by molar-refractivity contribution is -0.119. The molecule has 5 nitrogen and oxygen atoms in total. The largest absolute Gasteiger partial charge is 0.388 e. The Morgan fingerprint density at radius 1 is 1.20 bits per heavy atom. The average molecular weight is 278 g/mol. The van der Waals surface area contributed by atoms with E-state index >= 15 is 0 Å².